The molecule has 0 radical (unpaired) electrons. The smallest absolute Gasteiger partial charge is 0.254 e. The highest BCUT2D eigenvalue weighted by Gasteiger charge is 2.21. The molecule has 0 heterocycles. The van der Waals surface area contributed by atoms with Crippen molar-refractivity contribution in [1.82, 2.24) is 9.80 Å². The fourth-order valence-corrected chi connectivity index (χ4v) is 5.72. The van der Waals surface area contributed by atoms with Gasteiger partial charge in [-0.2, -0.15) is 0 Å². The van der Waals surface area contributed by atoms with Crippen LogP contribution in [0.3, 0.4) is 0 Å². The van der Waals surface area contributed by atoms with Crippen LogP contribution in [0, 0.1) is 6.92 Å². The number of halogens is 2. The van der Waals surface area contributed by atoms with E-state index in [0.717, 1.165) is 69.1 Å². The molecule has 0 saturated heterocycles. The Labute approximate surface area is 330 Å². The van der Waals surface area contributed by atoms with Crippen molar-refractivity contribution >= 4 is 40.5 Å². The topological polar surface area (TPSA) is 72.8 Å². The molecule has 0 fully saturated rings. The van der Waals surface area contributed by atoms with Gasteiger partial charge in [-0.05, 0) is 121 Å². The summed E-state index contributed by atoms with van der Waals surface area (Å²) in [5.41, 5.74) is 4.93. The van der Waals surface area contributed by atoms with E-state index >= 15 is 0 Å². The first-order valence-electron chi connectivity index (χ1n) is 18.9. The number of hydrogen-bond acceptors (Lipinski definition) is 7. The number of unbranched alkanes of at least 4 members (excludes halogenated alkanes) is 1. The highest BCUT2D eigenvalue weighted by atomic mass is 35.5. The van der Waals surface area contributed by atoms with Crippen LogP contribution in [0.15, 0.2) is 59.6 Å². The maximum atomic E-state index is 13.7. The highest BCUT2D eigenvalue weighted by molar-refractivity contribution is 6.42. The Morgan fingerprint density at radius 1 is 0.736 bits per heavy atom. The molecular formula is C43H65Cl2N3O5. The third-order valence-electron chi connectivity index (χ3n) is 8.14. The Hall–Kier alpha value is -3.30. The normalized spacial score (nSPS) is 10.4. The molecule has 3 rings (SSSR count). The van der Waals surface area contributed by atoms with E-state index in [0.29, 0.717) is 52.4 Å². The van der Waals surface area contributed by atoms with Crippen molar-refractivity contribution in [1.29, 1.82) is 0 Å². The van der Waals surface area contributed by atoms with Gasteiger partial charge in [0.15, 0.2) is 11.5 Å². The summed E-state index contributed by atoms with van der Waals surface area (Å²) in [4.78, 5) is 22.5. The number of carbonyl (C=O) groups excluding carboxylic acids is 1. The van der Waals surface area contributed by atoms with Crippen LogP contribution < -0.4 is 14.2 Å². The Morgan fingerprint density at radius 3 is 1.91 bits per heavy atom. The number of aryl methyl sites for hydroxylation is 1. The molecule has 0 atom stereocenters. The third-order valence-corrected chi connectivity index (χ3v) is 8.87. The van der Waals surface area contributed by atoms with E-state index in [-0.39, 0.29) is 5.91 Å². The minimum atomic E-state index is -0.0788. The molecule has 0 spiro atoms. The van der Waals surface area contributed by atoms with Gasteiger partial charge in [0.05, 0.1) is 37.1 Å². The molecule has 0 aliphatic carbocycles. The second-order valence-electron chi connectivity index (χ2n) is 12.8. The van der Waals surface area contributed by atoms with Crippen LogP contribution in [-0.4, -0.2) is 88.7 Å². The van der Waals surface area contributed by atoms with Gasteiger partial charge in [0.2, 0.25) is 5.75 Å². The van der Waals surface area contributed by atoms with Crippen molar-refractivity contribution in [3.8, 4) is 17.2 Å². The Balaban J connectivity index is 0.000000674. The van der Waals surface area contributed by atoms with Gasteiger partial charge in [-0.3, -0.25) is 9.79 Å². The molecule has 0 aromatic heterocycles. The maximum Gasteiger partial charge on any atom is 0.254 e. The van der Waals surface area contributed by atoms with Gasteiger partial charge >= 0.3 is 0 Å². The number of para-hydroxylation sites is 1. The van der Waals surface area contributed by atoms with E-state index in [4.69, 9.17) is 42.1 Å². The molecule has 8 nitrogen and oxygen atoms in total. The number of carbonyl (C=O) groups is 1. The summed E-state index contributed by atoms with van der Waals surface area (Å²) in [6.07, 6.45) is 6.17. The lowest BCUT2D eigenvalue weighted by Crippen LogP contribution is -2.36. The fourth-order valence-electron chi connectivity index (χ4n) is 5.40. The molecule has 3 aromatic rings. The monoisotopic (exact) mass is 773 g/mol. The lowest BCUT2D eigenvalue weighted by molar-refractivity contribution is 0.0748. The van der Waals surface area contributed by atoms with Gasteiger partial charge in [0.1, 0.15) is 0 Å². The van der Waals surface area contributed by atoms with Crippen LogP contribution in [0.2, 0.25) is 10.0 Å². The molecular weight excluding hydrogens is 709 g/mol. The molecule has 0 N–H and O–H groups in total. The van der Waals surface area contributed by atoms with Crippen molar-refractivity contribution in [2.45, 2.75) is 87.0 Å². The Bertz CT molecular complexity index is 1470. The van der Waals surface area contributed by atoms with Gasteiger partial charge in [-0.25, -0.2) is 0 Å². The number of rotatable bonds is 20. The highest BCUT2D eigenvalue weighted by Crippen LogP contribution is 2.38. The third kappa shape index (κ3) is 18.5. The van der Waals surface area contributed by atoms with E-state index in [2.05, 4.69) is 43.7 Å². The number of aliphatic imine (C=N–C) groups is 1. The van der Waals surface area contributed by atoms with Crippen molar-refractivity contribution in [3.63, 3.8) is 0 Å². The summed E-state index contributed by atoms with van der Waals surface area (Å²) in [6.45, 7) is 20.7. The van der Waals surface area contributed by atoms with Crippen molar-refractivity contribution in [2.24, 2.45) is 4.99 Å². The van der Waals surface area contributed by atoms with E-state index in [1.54, 1.807) is 39.5 Å². The SMILES string of the molecule is CC(C)=Nc1ccccc1C.CCCCN(CCC)CCCN(CCc1ccc(Cl)c(Cl)c1)C(=O)c1cc(OC)c(OC)c(OC)c1.CCCOCC. The average Bonchev–Trinajstić information content (AvgIpc) is 3.15. The molecule has 296 valence electrons. The summed E-state index contributed by atoms with van der Waals surface area (Å²) in [6, 6.07) is 17.2. The second kappa shape index (κ2) is 28.2. The molecule has 53 heavy (non-hydrogen) atoms. The van der Waals surface area contributed by atoms with Crippen LogP contribution >= 0.6 is 23.2 Å². The van der Waals surface area contributed by atoms with Crippen LogP contribution in [0.1, 0.15) is 95.1 Å². The molecule has 0 saturated carbocycles. The number of ether oxygens (including phenoxy) is 4. The van der Waals surface area contributed by atoms with Gasteiger partial charge in [-0.15, -0.1) is 0 Å². The predicted octanol–water partition coefficient (Wildman–Crippen LogP) is 11.1. The van der Waals surface area contributed by atoms with Crippen molar-refractivity contribution in [3.05, 3.63) is 81.3 Å². The zero-order valence-corrected chi connectivity index (χ0v) is 35.5. The summed E-state index contributed by atoms with van der Waals surface area (Å²) >= 11 is 12.3. The number of benzene rings is 3. The van der Waals surface area contributed by atoms with Crippen molar-refractivity contribution in [2.75, 3.05) is 67.3 Å². The number of hydrogen-bond donors (Lipinski definition) is 0. The van der Waals surface area contributed by atoms with Crippen LogP contribution in [-0.2, 0) is 11.2 Å². The average molecular weight is 775 g/mol. The summed E-state index contributed by atoms with van der Waals surface area (Å²) in [5.74, 6) is 1.30. The van der Waals surface area contributed by atoms with E-state index in [9.17, 15) is 4.79 Å². The molecule has 3 aromatic carbocycles. The van der Waals surface area contributed by atoms with Crippen LogP contribution in [0.5, 0.6) is 17.2 Å². The number of amides is 1. The second-order valence-corrected chi connectivity index (χ2v) is 13.6. The molecule has 0 bridgehead atoms. The molecule has 0 aliphatic heterocycles. The molecule has 0 unspecified atom stereocenters. The zero-order chi connectivity index (χ0) is 39.6. The first-order chi connectivity index (χ1) is 25.5. The minimum Gasteiger partial charge on any atom is -0.493 e. The summed E-state index contributed by atoms with van der Waals surface area (Å²) < 4.78 is 21.3. The Kier molecular flexibility index (Phi) is 25.4. The van der Waals surface area contributed by atoms with E-state index in [1.807, 2.05) is 56.0 Å². The predicted molar refractivity (Wildman–Crippen MR) is 225 cm³/mol. The van der Waals surface area contributed by atoms with Gasteiger partial charge < -0.3 is 28.7 Å². The van der Waals surface area contributed by atoms with E-state index in [1.165, 1.54) is 18.4 Å². The first kappa shape index (κ1) is 47.7. The quantitative estimate of drug-likeness (QED) is 0.0841. The Morgan fingerprint density at radius 2 is 1.40 bits per heavy atom. The lowest BCUT2D eigenvalue weighted by Gasteiger charge is -2.26. The molecule has 1 amide bonds. The number of nitrogens with zero attached hydrogens (tertiary/aromatic N) is 3. The maximum absolute atomic E-state index is 13.7. The fraction of sp³-hybridized carbons (Fsp3) is 0.535. The van der Waals surface area contributed by atoms with Crippen LogP contribution in [0.25, 0.3) is 0 Å². The van der Waals surface area contributed by atoms with Crippen LogP contribution in [0.4, 0.5) is 5.69 Å². The van der Waals surface area contributed by atoms with Crippen molar-refractivity contribution < 1.29 is 23.7 Å². The van der Waals surface area contributed by atoms with Gasteiger partial charge in [0, 0.05) is 37.6 Å². The molecule has 10 heteroatoms. The summed E-state index contributed by atoms with van der Waals surface area (Å²) in [5, 5.41) is 1.04. The zero-order valence-electron chi connectivity index (χ0n) is 34.0. The minimum absolute atomic E-state index is 0.0788. The van der Waals surface area contributed by atoms with Gasteiger partial charge in [0.25, 0.3) is 5.91 Å². The lowest BCUT2D eigenvalue weighted by atomic mass is 10.1. The number of methoxy groups -OCH3 is 3. The first-order valence-corrected chi connectivity index (χ1v) is 19.7. The van der Waals surface area contributed by atoms with E-state index < -0.39 is 0 Å². The largest absolute Gasteiger partial charge is 0.493 e. The standard InChI is InChI=1S/C28H40Cl2N2O4.C10H13N.C5H12O/c1-6-8-14-31(13-7-2)15-9-16-32(17-12-21-10-11-23(29)24(30)18-21)28(33)22-19-25(34-3)27(36-5)26(20-22)35-4;1-8(2)11-10-7-5-4-6-9(10)3;1-3-5-6-4-2/h10-11,18-20H,6-9,12-17H2,1-5H3;4-7H,1-3H3;3-5H2,1-2H3. The molecule has 0 aliphatic rings. The van der Waals surface area contributed by atoms with Gasteiger partial charge in [-0.1, -0.05) is 74.7 Å². The summed E-state index contributed by atoms with van der Waals surface area (Å²) in [7, 11) is 4.64.